The van der Waals surface area contributed by atoms with Crippen LogP contribution in [0.1, 0.15) is 41.4 Å². The molecular weight excluding hydrogens is 510 g/mol. The number of rotatable bonds is 8. The second-order valence-corrected chi connectivity index (χ2v) is 12.2. The van der Waals surface area contributed by atoms with Crippen molar-refractivity contribution < 1.29 is 13.2 Å². The SMILES string of the molecule is CCS(=O)(=O)N1CCC(Nc2cc(-c3ccc(CNC(=O)c4ccc(C)nc4)cc3)cc3ccncc23)CC1. The molecule has 1 aliphatic heterocycles. The quantitative estimate of drug-likeness (QED) is 0.332. The molecule has 1 saturated heterocycles. The summed E-state index contributed by atoms with van der Waals surface area (Å²) < 4.78 is 26.1. The van der Waals surface area contributed by atoms with Gasteiger partial charge < -0.3 is 10.6 Å². The average molecular weight is 544 g/mol. The zero-order valence-electron chi connectivity index (χ0n) is 22.2. The molecule has 0 unspecified atom stereocenters. The van der Waals surface area contributed by atoms with Crippen LogP contribution >= 0.6 is 0 Å². The van der Waals surface area contributed by atoms with Crippen LogP contribution in [0.2, 0.25) is 0 Å². The fourth-order valence-corrected chi connectivity index (χ4v) is 6.00. The molecule has 4 aromatic rings. The van der Waals surface area contributed by atoms with Gasteiger partial charge in [0, 0.05) is 61.0 Å². The Bertz CT molecular complexity index is 1560. The molecule has 0 spiro atoms. The van der Waals surface area contributed by atoms with Gasteiger partial charge in [-0.15, -0.1) is 0 Å². The summed E-state index contributed by atoms with van der Waals surface area (Å²) in [4.78, 5) is 20.9. The smallest absolute Gasteiger partial charge is 0.253 e. The number of carbonyl (C=O) groups excluding carboxylic acids is 1. The Morgan fingerprint density at radius 1 is 1.00 bits per heavy atom. The maximum Gasteiger partial charge on any atom is 0.253 e. The lowest BCUT2D eigenvalue weighted by molar-refractivity contribution is 0.0950. The number of nitrogens with one attached hydrogen (secondary N) is 2. The molecule has 0 bridgehead atoms. The molecule has 1 amide bonds. The third-order valence-corrected chi connectivity index (χ3v) is 9.12. The molecule has 0 radical (unpaired) electrons. The summed E-state index contributed by atoms with van der Waals surface area (Å²) >= 11 is 0. The maximum absolute atomic E-state index is 12.4. The summed E-state index contributed by atoms with van der Waals surface area (Å²) in [5, 5.41) is 8.74. The third-order valence-electron chi connectivity index (χ3n) is 7.24. The highest BCUT2D eigenvalue weighted by atomic mass is 32.2. The Hall–Kier alpha value is -3.82. The van der Waals surface area contributed by atoms with Crippen molar-refractivity contribution in [1.82, 2.24) is 19.6 Å². The number of aromatic nitrogens is 2. The van der Waals surface area contributed by atoms with Gasteiger partial charge in [0.2, 0.25) is 10.0 Å². The number of hydrogen-bond donors (Lipinski definition) is 2. The highest BCUT2D eigenvalue weighted by Crippen LogP contribution is 2.32. The van der Waals surface area contributed by atoms with Gasteiger partial charge in [0.25, 0.3) is 5.91 Å². The van der Waals surface area contributed by atoms with E-state index in [1.165, 1.54) is 0 Å². The summed E-state index contributed by atoms with van der Waals surface area (Å²) in [7, 11) is -3.15. The monoisotopic (exact) mass is 543 g/mol. The molecular formula is C30H33N5O3S. The van der Waals surface area contributed by atoms with E-state index in [0.717, 1.165) is 51.7 Å². The van der Waals surface area contributed by atoms with Crippen molar-refractivity contribution in [2.24, 2.45) is 0 Å². The van der Waals surface area contributed by atoms with Crippen LogP contribution in [-0.2, 0) is 16.6 Å². The number of amides is 1. The number of fused-ring (bicyclic) bond motifs is 1. The predicted octanol–water partition coefficient (Wildman–Crippen LogP) is 4.76. The Labute approximate surface area is 229 Å². The van der Waals surface area contributed by atoms with E-state index in [-0.39, 0.29) is 17.7 Å². The molecule has 1 aliphatic rings. The van der Waals surface area contributed by atoms with Gasteiger partial charge in [0.15, 0.2) is 0 Å². The largest absolute Gasteiger partial charge is 0.382 e. The molecule has 2 N–H and O–H groups in total. The molecule has 0 aliphatic carbocycles. The van der Waals surface area contributed by atoms with Crippen molar-refractivity contribution >= 4 is 32.4 Å². The standard InChI is InChI=1S/C30H33N5O3S/c1-3-39(37,38)35-14-11-27(12-15-35)34-29-17-26(16-24-10-13-31-20-28(24)29)23-8-5-22(6-9-23)18-33-30(36)25-7-4-21(2)32-19-25/h4-10,13,16-17,19-20,27,34H,3,11-12,14-15,18H2,1-2H3,(H,33,36). The van der Waals surface area contributed by atoms with Crippen LogP contribution in [0.3, 0.4) is 0 Å². The Morgan fingerprint density at radius 2 is 1.77 bits per heavy atom. The summed E-state index contributed by atoms with van der Waals surface area (Å²) in [6.07, 6.45) is 6.76. The number of sulfonamides is 1. The van der Waals surface area contributed by atoms with Crippen LogP contribution in [0.4, 0.5) is 5.69 Å². The van der Waals surface area contributed by atoms with Gasteiger partial charge in [-0.05, 0) is 79.1 Å². The molecule has 202 valence electrons. The number of aryl methyl sites for hydroxylation is 1. The number of carbonyl (C=O) groups is 1. The second-order valence-electron chi connectivity index (χ2n) is 9.91. The van der Waals surface area contributed by atoms with Gasteiger partial charge in [-0.3, -0.25) is 14.8 Å². The third kappa shape index (κ3) is 6.26. The van der Waals surface area contributed by atoms with E-state index in [4.69, 9.17) is 0 Å². The van der Waals surface area contributed by atoms with Crippen LogP contribution in [0.15, 0.2) is 73.2 Å². The van der Waals surface area contributed by atoms with Crippen molar-refractivity contribution in [1.29, 1.82) is 0 Å². The van der Waals surface area contributed by atoms with Gasteiger partial charge in [0.05, 0.1) is 11.3 Å². The van der Waals surface area contributed by atoms with Crippen LogP contribution in [-0.4, -0.2) is 53.5 Å². The summed E-state index contributed by atoms with van der Waals surface area (Å²) in [5.74, 6) is -0.0118. The van der Waals surface area contributed by atoms with E-state index in [2.05, 4.69) is 44.9 Å². The topological polar surface area (TPSA) is 104 Å². The van der Waals surface area contributed by atoms with Crippen molar-refractivity contribution in [2.45, 2.75) is 39.3 Å². The molecule has 1 fully saturated rings. The molecule has 9 heteroatoms. The van der Waals surface area contributed by atoms with E-state index in [9.17, 15) is 13.2 Å². The van der Waals surface area contributed by atoms with E-state index in [0.29, 0.717) is 25.2 Å². The molecule has 8 nitrogen and oxygen atoms in total. The van der Waals surface area contributed by atoms with E-state index in [1.807, 2.05) is 37.4 Å². The Kier molecular flexibility index (Phi) is 7.90. The molecule has 3 heterocycles. The fourth-order valence-electron chi connectivity index (χ4n) is 4.87. The number of anilines is 1. The normalized spacial score (nSPS) is 14.8. The van der Waals surface area contributed by atoms with Gasteiger partial charge >= 0.3 is 0 Å². The van der Waals surface area contributed by atoms with Gasteiger partial charge in [0.1, 0.15) is 0 Å². The first-order valence-electron chi connectivity index (χ1n) is 13.2. The summed E-state index contributed by atoms with van der Waals surface area (Å²) in [6.45, 7) is 5.07. The lowest BCUT2D eigenvalue weighted by atomic mass is 9.98. The number of pyridine rings is 2. The van der Waals surface area contributed by atoms with Crippen molar-refractivity contribution in [2.75, 3.05) is 24.2 Å². The zero-order valence-corrected chi connectivity index (χ0v) is 23.0. The highest BCUT2D eigenvalue weighted by molar-refractivity contribution is 7.89. The maximum atomic E-state index is 12.4. The lowest BCUT2D eigenvalue weighted by Gasteiger charge is -2.32. The van der Waals surface area contributed by atoms with Crippen LogP contribution in [0.25, 0.3) is 21.9 Å². The minimum Gasteiger partial charge on any atom is -0.382 e. The number of benzene rings is 2. The fraction of sp³-hybridized carbons (Fsp3) is 0.300. The van der Waals surface area contributed by atoms with E-state index >= 15 is 0 Å². The van der Waals surface area contributed by atoms with Crippen molar-refractivity contribution in [3.8, 4) is 11.1 Å². The van der Waals surface area contributed by atoms with Crippen molar-refractivity contribution in [3.63, 3.8) is 0 Å². The highest BCUT2D eigenvalue weighted by Gasteiger charge is 2.27. The minimum absolute atomic E-state index is 0.138. The number of hydrogen-bond acceptors (Lipinski definition) is 6. The summed E-state index contributed by atoms with van der Waals surface area (Å²) in [6, 6.07) is 18.3. The zero-order chi connectivity index (χ0) is 27.4. The van der Waals surface area contributed by atoms with Crippen LogP contribution in [0.5, 0.6) is 0 Å². The van der Waals surface area contributed by atoms with Crippen LogP contribution < -0.4 is 10.6 Å². The van der Waals surface area contributed by atoms with Gasteiger partial charge in [-0.25, -0.2) is 12.7 Å². The first-order chi connectivity index (χ1) is 18.8. The second kappa shape index (κ2) is 11.5. The molecule has 2 aromatic heterocycles. The molecule has 0 atom stereocenters. The number of piperidine rings is 1. The Morgan fingerprint density at radius 3 is 2.46 bits per heavy atom. The number of nitrogens with zero attached hydrogens (tertiary/aromatic N) is 3. The molecule has 0 saturated carbocycles. The van der Waals surface area contributed by atoms with Crippen molar-refractivity contribution in [3.05, 3.63) is 90.0 Å². The Balaban J connectivity index is 1.30. The van der Waals surface area contributed by atoms with Crippen LogP contribution in [0, 0.1) is 6.92 Å². The first kappa shape index (κ1) is 26.8. The summed E-state index contributed by atoms with van der Waals surface area (Å²) in [5.41, 5.74) is 5.56. The minimum atomic E-state index is -3.15. The predicted molar refractivity (Wildman–Crippen MR) is 155 cm³/mol. The molecule has 39 heavy (non-hydrogen) atoms. The van der Waals surface area contributed by atoms with E-state index < -0.39 is 10.0 Å². The van der Waals surface area contributed by atoms with Gasteiger partial charge in [-0.2, -0.15) is 0 Å². The van der Waals surface area contributed by atoms with Gasteiger partial charge in [-0.1, -0.05) is 24.3 Å². The lowest BCUT2D eigenvalue weighted by Crippen LogP contribution is -2.42. The first-order valence-corrected chi connectivity index (χ1v) is 14.9. The molecule has 5 rings (SSSR count). The van der Waals surface area contributed by atoms with E-state index in [1.54, 1.807) is 29.7 Å². The average Bonchev–Trinajstić information content (AvgIpc) is 2.97. The molecule has 2 aromatic carbocycles.